The molecule has 0 aliphatic heterocycles. The molecule has 0 unspecified atom stereocenters. The lowest BCUT2D eigenvalue weighted by atomic mass is 10.1. The number of aryl methyl sites for hydroxylation is 3. The molecule has 0 atom stereocenters. The molecule has 0 bridgehead atoms. The Labute approximate surface area is 99.9 Å². The summed E-state index contributed by atoms with van der Waals surface area (Å²) in [6.45, 7) is 0. The van der Waals surface area contributed by atoms with Gasteiger partial charge >= 0.3 is 0 Å². The number of nitriles is 1. The highest BCUT2D eigenvalue weighted by Crippen LogP contribution is 2.06. The van der Waals surface area contributed by atoms with E-state index in [0.717, 1.165) is 12.8 Å². The van der Waals surface area contributed by atoms with E-state index in [9.17, 15) is 0 Å². The lowest BCUT2D eigenvalue weighted by molar-refractivity contribution is 0.374. The van der Waals surface area contributed by atoms with E-state index in [4.69, 9.17) is 9.78 Å². The molecule has 0 spiro atoms. The van der Waals surface area contributed by atoms with Gasteiger partial charge in [-0.3, -0.25) is 0 Å². The van der Waals surface area contributed by atoms with E-state index in [1.807, 2.05) is 18.2 Å². The Morgan fingerprint density at radius 1 is 1.12 bits per heavy atom. The van der Waals surface area contributed by atoms with Crippen molar-refractivity contribution in [3.05, 3.63) is 47.6 Å². The third-order valence-electron chi connectivity index (χ3n) is 2.44. The summed E-state index contributed by atoms with van der Waals surface area (Å²) in [5.74, 6) is 1.26. The number of nitrogens with zero attached hydrogens (tertiary/aromatic N) is 3. The summed E-state index contributed by atoms with van der Waals surface area (Å²) in [6, 6.07) is 12.2. The molecule has 1 aromatic heterocycles. The van der Waals surface area contributed by atoms with Crippen LogP contribution in [0.15, 0.2) is 34.9 Å². The van der Waals surface area contributed by atoms with Crippen molar-refractivity contribution in [2.45, 2.75) is 25.7 Å². The molecule has 0 saturated carbocycles. The highest BCUT2D eigenvalue weighted by atomic mass is 16.5. The van der Waals surface area contributed by atoms with Crippen molar-refractivity contribution >= 4 is 0 Å². The molecule has 2 aromatic rings. The van der Waals surface area contributed by atoms with Crippen molar-refractivity contribution in [3.63, 3.8) is 0 Å². The van der Waals surface area contributed by atoms with Crippen LogP contribution >= 0.6 is 0 Å². The van der Waals surface area contributed by atoms with Gasteiger partial charge in [-0.2, -0.15) is 10.2 Å². The molecule has 0 radical (unpaired) electrons. The maximum Gasteiger partial charge on any atom is 0.227 e. The van der Waals surface area contributed by atoms with Crippen molar-refractivity contribution < 1.29 is 4.52 Å². The predicted octanol–water partition coefficient (Wildman–Crippen LogP) is 2.31. The fourth-order valence-electron chi connectivity index (χ4n) is 1.56. The average Bonchev–Trinajstić information content (AvgIpc) is 2.83. The van der Waals surface area contributed by atoms with Crippen LogP contribution in [0.25, 0.3) is 0 Å². The second-order valence-electron chi connectivity index (χ2n) is 3.75. The maximum atomic E-state index is 8.45. The Hall–Kier alpha value is -2.15. The Morgan fingerprint density at radius 3 is 2.71 bits per heavy atom. The second kappa shape index (κ2) is 5.80. The van der Waals surface area contributed by atoms with Crippen LogP contribution in [-0.4, -0.2) is 10.1 Å². The van der Waals surface area contributed by atoms with E-state index in [1.165, 1.54) is 5.56 Å². The zero-order valence-corrected chi connectivity index (χ0v) is 9.47. The Bertz CT molecular complexity index is 499. The van der Waals surface area contributed by atoms with Crippen LogP contribution in [-0.2, 0) is 19.3 Å². The molecule has 0 aliphatic rings. The van der Waals surface area contributed by atoms with E-state index >= 15 is 0 Å². The van der Waals surface area contributed by atoms with Gasteiger partial charge in [0.05, 0.1) is 6.07 Å². The van der Waals surface area contributed by atoms with Gasteiger partial charge in [0.1, 0.15) is 0 Å². The second-order valence-corrected chi connectivity index (χ2v) is 3.75. The van der Waals surface area contributed by atoms with E-state index in [1.54, 1.807) is 0 Å². The van der Waals surface area contributed by atoms with Gasteiger partial charge in [-0.1, -0.05) is 35.5 Å². The van der Waals surface area contributed by atoms with Crippen molar-refractivity contribution in [2.75, 3.05) is 0 Å². The predicted molar refractivity (Wildman–Crippen MR) is 62.1 cm³/mol. The van der Waals surface area contributed by atoms with Gasteiger partial charge in [-0.15, -0.1) is 0 Å². The summed E-state index contributed by atoms with van der Waals surface area (Å²) < 4.78 is 5.04. The van der Waals surface area contributed by atoms with Crippen LogP contribution in [0.5, 0.6) is 0 Å². The van der Waals surface area contributed by atoms with Crippen molar-refractivity contribution in [2.24, 2.45) is 0 Å². The molecule has 1 heterocycles. The van der Waals surface area contributed by atoms with Gasteiger partial charge in [0.2, 0.25) is 5.89 Å². The first-order valence-electron chi connectivity index (χ1n) is 5.61. The van der Waals surface area contributed by atoms with Crippen molar-refractivity contribution in [1.29, 1.82) is 5.26 Å². The van der Waals surface area contributed by atoms with E-state index in [2.05, 4.69) is 28.3 Å². The van der Waals surface area contributed by atoms with Crippen molar-refractivity contribution in [3.8, 4) is 6.07 Å². The Balaban J connectivity index is 1.87. The lowest BCUT2D eigenvalue weighted by Gasteiger charge is -1.96. The molecule has 86 valence electrons. The summed E-state index contributed by atoms with van der Waals surface area (Å²) in [5.41, 5.74) is 1.26. The number of rotatable bonds is 5. The topological polar surface area (TPSA) is 62.7 Å². The molecule has 2 rings (SSSR count). The number of benzene rings is 1. The van der Waals surface area contributed by atoms with Crippen LogP contribution in [0.3, 0.4) is 0 Å². The van der Waals surface area contributed by atoms with E-state index in [0.29, 0.717) is 24.6 Å². The minimum Gasteiger partial charge on any atom is -0.339 e. The minimum atomic E-state index is 0.417. The first-order chi connectivity index (χ1) is 8.38. The molecule has 1 aromatic carbocycles. The molecule has 0 amide bonds. The zero-order valence-electron chi connectivity index (χ0n) is 9.47. The summed E-state index contributed by atoms with van der Waals surface area (Å²) in [5, 5.41) is 12.3. The first kappa shape index (κ1) is 11.3. The zero-order chi connectivity index (χ0) is 11.9. The maximum absolute atomic E-state index is 8.45. The molecular formula is C13H13N3O. The molecule has 0 fully saturated rings. The molecule has 0 N–H and O–H groups in total. The van der Waals surface area contributed by atoms with Gasteiger partial charge in [0, 0.05) is 19.3 Å². The highest BCUT2D eigenvalue weighted by molar-refractivity contribution is 5.15. The first-order valence-corrected chi connectivity index (χ1v) is 5.61. The number of aromatic nitrogens is 2. The van der Waals surface area contributed by atoms with Crippen LogP contribution in [0.2, 0.25) is 0 Å². The summed E-state index contributed by atoms with van der Waals surface area (Å²) >= 11 is 0. The summed E-state index contributed by atoms with van der Waals surface area (Å²) in [6.07, 6.45) is 2.62. The van der Waals surface area contributed by atoms with Crippen LogP contribution in [0.4, 0.5) is 0 Å². The smallest absolute Gasteiger partial charge is 0.227 e. The Morgan fingerprint density at radius 2 is 1.94 bits per heavy atom. The quantitative estimate of drug-likeness (QED) is 0.786. The molecule has 17 heavy (non-hydrogen) atoms. The SMILES string of the molecule is N#CCCc1nc(CCc2ccccc2)no1. The van der Waals surface area contributed by atoms with Crippen LogP contribution in [0.1, 0.15) is 23.7 Å². The summed E-state index contributed by atoms with van der Waals surface area (Å²) in [4.78, 5) is 4.23. The van der Waals surface area contributed by atoms with Gasteiger partial charge < -0.3 is 4.52 Å². The molecule has 0 saturated heterocycles. The fourth-order valence-corrected chi connectivity index (χ4v) is 1.56. The highest BCUT2D eigenvalue weighted by Gasteiger charge is 2.05. The molecule has 4 nitrogen and oxygen atoms in total. The van der Waals surface area contributed by atoms with Gasteiger partial charge in [-0.25, -0.2) is 0 Å². The van der Waals surface area contributed by atoms with Gasteiger partial charge in [0.15, 0.2) is 5.82 Å². The number of hydrogen-bond acceptors (Lipinski definition) is 4. The number of hydrogen-bond donors (Lipinski definition) is 0. The molecule has 0 aliphatic carbocycles. The van der Waals surface area contributed by atoms with Crippen molar-refractivity contribution in [1.82, 2.24) is 10.1 Å². The molecule has 4 heteroatoms. The van der Waals surface area contributed by atoms with Gasteiger partial charge in [0.25, 0.3) is 0 Å². The normalized spacial score (nSPS) is 10.1. The van der Waals surface area contributed by atoms with Crippen LogP contribution < -0.4 is 0 Å². The fraction of sp³-hybridized carbons (Fsp3) is 0.308. The van der Waals surface area contributed by atoms with E-state index in [-0.39, 0.29) is 0 Å². The lowest BCUT2D eigenvalue weighted by Crippen LogP contribution is -1.93. The third-order valence-corrected chi connectivity index (χ3v) is 2.44. The molecular weight excluding hydrogens is 214 g/mol. The average molecular weight is 227 g/mol. The third kappa shape index (κ3) is 3.42. The largest absolute Gasteiger partial charge is 0.339 e. The summed E-state index contributed by atoms with van der Waals surface area (Å²) in [7, 11) is 0. The van der Waals surface area contributed by atoms with E-state index < -0.39 is 0 Å². The standard InChI is InChI=1S/C13H13N3O/c14-10-4-7-13-15-12(16-17-13)9-8-11-5-2-1-3-6-11/h1-3,5-6H,4,7-9H2. The van der Waals surface area contributed by atoms with Gasteiger partial charge in [-0.05, 0) is 12.0 Å². The monoisotopic (exact) mass is 227 g/mol. The minimum absolute atomic E-state index is 0.417. The van der Waals surface area contributed by atoms with Crippen LogP contribution in [0, 0.1) is 11.3 Å². The Kier molecular flexibility index (Phi) is 3.87.